The summed E-state index contributed by atoms with van der Waals surface area (Å²) in [7, 11) is 0. The van der Waals surface area contributed by atoms with Gasteiger partial charge in [-0.25, -0.2) is 9.97 Å². The number of nitrogens with zero attached hydrogens (tertiary/aromatic N) is 4. The monoisotopic (exact) mass is 414 g/mol. The van der Waals surface area contributed by atoms with Gasteiger partial charge in [0.05, 0.1) is 16.7 Å². The third kappa shape index (κ3) is 3.09. The molecule has 0 radical (unpaired) electrons. The minimum Gasteiger partial charge on any atom is -0.319 e. The molecule has 4 rings (SSSR count). The van der Waals surface area contributed by atoms with E-state index in [1.807, 2.05) is 30.3 Å². The van der Waals surface area contributed by atoms with E-state index >= 15 is 0 Å². The molecule has 0 amide bonds. The van der Waals surface area contributed by atoms with Crippen LogP contribution < -0.4 is 5.56 Å². The highest BCUT2D eigenvalue weighted by Crippen LogP contribution is 2.26. The molecule has 1 aromatic carbocycles. The van der Waals surface area contributed by atoms with Crippen molar-refractivity contribution < 1.29 is 0 Å². The molecule has 0 spiro atoms. The SMILES string of the molecule is CCn1c(SCc2cc(=O)n3cc(Br)ccc3n2)nc2ccccc21. The first-order valence-electron chi connectivity index (χ1n) is 7.91. The maximum atomic E-state index is 12.3. The molecule has 7 heteroatoms. The van der Waals surface area contributed by atoms with E-state index in [0.717, 1.165) is 32.9 Å². The highest BCUT2D eigenvalue weighted by Gasteiger charge is 2.11. The molecule has 25 heavy (non-hydrogen) atoms. The summed E-state index contributed by atoms with van der Waals surface area (Å²) in [4.78, 5) is 21.6. The first-order valence-corrected chi connectivity index (χ1v) is 9.69. The van der Waals surface area contributed by atoms with Crippen LogP contribution >= 0.6 is 27.7 Å². The van der Waals surface area contributed by atoms with Crippen LogP contribution in [0.25, 0.3) is 16.7 Å². The highest BCUT2D eigenvalue weighted by atomic mass is 79.9. The Hall–Kier alpha value is -2.12. The van der Waals surface area contributed by atoms with Crippen LogP contribution in [-0.2, 0) is 12.3 Å². The summed E-state index contributed by atoms with van der Waals surface area (Å²) in [5.41, 5.74) is 3.44. The summed E-state index contributed by atoms with van der Waals surface area (Å²) in [6.45, 7) is 2.96. The smallest absolute Gasteiger partial charge is 0.258 e. The molecule has 0 aliphatic rings. The molecular formula is C18H15BrN4OS. The molecule has 0 saturated carbocycles. The molecule has 0 saturated heterocycles. The third-order valence-corrected chi connectivity index (χ3v) is 5.44. The first-order chi connectivity index (χ1) is 12.2. The summed E-state index contributed by atoms with van der Waals surface area (Å²) < 4.78 is 4.58. The zero-order valence-electron chi connectivity index (χ0n) is 13.5. The summed E-state index contributed by atoms with van der Waals surface area (Å²) in [5.74, 6) is 0.602. The normalized spacial score (nSPS) is 11.4. The predicted octanol–water partition coefficient (Wildman–Crippen LogP) is 4.12. The lowest BCUT2D eigenvalue weighted by Crippen LogP contribution is -2.15. The number of hydrogen-bond donors (Lipinski definition) is 0. The lowest BCUT2D eigenvalue weighted by Gasteiger charge is -2.06. The van der Waals surface area contributed by atoms with Crippen LogP contribution in [0.2, 0.25) is 0 Å². The van der Waals surface area contributed by atoms with Gasteiger partial charge in [0.1, 0.15) is 5.65 Å². The molecule has 0 atom stereocenters. The van der Waals surface area contributed by atoms with Crippen LogP contribution in [0.1, 0.15) is 12.6 Å². The Labute approximate surface area is 156 Å². The minimum absolute atomic E-state index is 0.0779. The number of thioether (sulfide) groups is 1. The molecule has 3 heterocycles. The predicted molar refractivity (Wildman–Crippen MR) is 104 cm³/mol. The van der Waals surface area contributed by atoms with E-state index in [4.69, 9.17) is 4.98 Å². The molecule has 0 N–H and O–H groups in total. The second kappa shape index (κ2) is 6.65. The van der Waals surface area contributed by atoms with Gasteiger partial charge in [-0.05, 0) is 47.1 Å². The number of pyridine rings is 1. The number of fused-ring (bicyclic) bond motifs is 2. The summed E-state index contributed by atoms with van der Waals surface area (Å²) in [6, 6.07) is 13.4. The summed E-state index contributed by atoms with van der Waals surface area (Å²) in [5, 5.41) is 0.946. The second-order valence-corrected chi connectivity index (χ2v) is 7.44. The zero-order valence-corrected chi connectivity index (χ0v) is 15.9. The Morgan fingerprint density at radius 2 is 2.00 bits per heavy atom. The van der Waals surface area contributed by atoms with Gasteiger partial charge in [-0.15, -0.1) is 0 Å². The number of aryl methyl sites for hydroxylation is 1. The number of rotatable bonds is 4. The van der Waals surface area contributed by atoms with Crippen LogP contribution in [0, 0.1) is 0 Å². The Morgan fingerprint density at radius 3 is 2.84 bits per heavy atom. The van der Waals surface area contributed by atoms with E-state index in [9.17, 15) is 4.79 Å². The van der Waals surface area contributed by atoms with Gasteiger partial charge in [0.15, 0.2) is 5.16 Å². The maximum Gasteiger partial charge on any atom is 0.258 e. The van der Waals surface area contributed by atoms with E-state index in [-0.39, 0.29) is 5.56 Å². The number of hydrogen-bond acceptors (Lipinski definition) is 4. The molecule has 4 aromatic rings. The number of halogens is 1. The molecule has 0 bridgehead atoms. The molecular weight excluding hydrogens is 400 g/mol. The average Bonchev–Trinajstić information content (AvgIpc) is 2.98. The van der Waals surface area contributed by atoms with Crippen molar-refractivity contribution >= 4 is 44.4 Å². The Bertz CT molecular complexity index is 1140. The van der Waals surface area contributed by atoms with Crippen molar-refractivity contribution in [2.75, 3.05) is 0 Å². The van der Waals surface area contributed by atoms with E-state index < -0.39 is 0 Å². The van der Waals surface area contributed by atoms with Crippen molar-refractivity contribution in [2.45, 2.75) is 24.4 Å². The number of imidazole rings is 1. The van der Waals surface area contributed by atoms with Crippen molar-refractivity contribution in [1.82, 2.24) is 18.9 Å². The maximum absolute atomic E-state index is 12.3. The molecule has 0 aliphatic carbocycles. The average molecular weight is 415 g/mol. The van der Waals surface area contributed by atoms with E-state index in [1.165, 1.54) is 0 Å². The molecule has 0 unspecified atom stereocenters. The largest absolute Gasteiger partial charge is 0.319 e. The van der Waals surface area contributed by atoms with Gasteiger partial charge in [-0.3, -0.25) is 9.20 Å². The van der Waals surface area contributed by atoms with Crippen molar-refractivity contribution in [3.63, 3.8) is 0 Å². The molecule has 126 valence electrons. The fraction of sp³-hybridized carbons (Fsp3) is 0.167. The van der Waals surface area contributed by atoms with Crippen LogP contribution in [-0.4, -0.2) is 18.9 Å². The van der Waals surface area contributed by atoms with Crippen molar-refractivity contribution in [3.05, 3.63) is 69.2 Å². The van der Waals surface area contributed by atoms with Crippen LogP contribution in [0.15, 0.2) is 63.1 Å². The van der Waals surface area contributed by atoms with Crippen molar-refractivity contribution in [3.8, 4) is 0 Å². The number of benzene rings is 1. The number of aromatic nitrogens is 4. The molecule has 0 aliphatic heterocycles. The van der Waals surface area contributed by atoms with Crippen LogP contribution in [0.5, 0.6) is 0 Å². The first kappa shape index (κ1) is 16.4. The van der Waals surface area contributed by atoms with Gasteiger partial charge < -0.3 is 4.57 Å². The lowest BCUT2D eigenvalue weighted by molar-refractivity contribution is 0.702. The van der Waals surface area contributed by atoms with Crippen LogP contribution in [0.3, 0.4) is 0 Å². The Morgan fingerprint density at radius 1 is 1.16 bits per heavy atom. The summed E-state index contributed by atoms with van der Waals surface area (Å²) >= 11 is 4.98. The Balaban J connectivity index is 1.66. The number of para-hydroxylation sites is 2. The molecule has 0 fully saturated rings. The van der Waals surface area contributed by atoms with Gasteiger partial charge in [0.25, 0.3) is 5.56 Å². The third-order valence-electron chi connectivity index (χ3n) is 3.96. The topological polar surface area (TPSA) is 52.2 Å². The lowest BCUT2D eigenvalue weighted by atomic mass is 10.3. The highest BCUT2D eigenvalue weighted by molar-refractivity contribution is 9.10. The molecule has 3 aromatic heterocycles. The molecule has 5 nitrogen and oxygen atoms in total. The summed E-state index contributed by atoms with van der Waals surface area (Å²) in [6.07, 6.45) is 1.73. The minimum atomic E-state index is -0.0779. The van der Waals surface area contributed by atoms with Crippen molar-refractivity contribution in [2.24, 2.45) is 0 Å². The van der Waals surface area contributed by atoms with Gasteiger partial charge in [-0.2, -0.15) is 0 Å². The van der Waals surface area contributed by atoms with Gasteiger partial charge >= 0.3 is 0 Å². The van der Waals surface area contributed by atoms with E-state index in [1.54, 1.807) is 28.4 Å². The van der Waals surface area contributed by atoms with Gasteiger partial charge in [-0.1, -0.05) is 23.9 Å². The van der Waals surface area contributed by atoms with Gasteiger partial charge in [0, 0.05) is 29.0 Å². The van der Waals surface area contributed by atoms with Gasteiger partial charge in [0.2, 0.25) is 0 Å². The second-order valence-electron chi connectivity index (χ2n) is 5.58. The zero-order chi connectivity index (χ0) is 17.4. The Kier molecular flexibility index (Phi) is 4.35. The standard InChI is InChI=1S/C18H15BrN4OS/c1-2-22-15-6-4-3-5-14(15)21-18(22)25-11-13-9-17(24)23-10-12(19)7-8-16(23)20-13/h3-10H,2,11H2,1H3. The quantitative estimate of drug-likeness (QED) is 0.471. The van der Waals surface area contributed by atoms with E-state index in [0.29, 0.717) is 11.4 Å². The van der Waals surface area contributed by atoms with Crippen LogP contribution in [0.4, 0.5) is 0 Å². The van der Waals surface area contributed by atoms with E-state index in [2.05, 4.69) is 38.5 Å². The fourth-order valence-electron chi connectivity index (χ4n) is 2.81. The fourth-order valence-corrected chi connectivity index (χ4v) is 4.12. The van der Waals surface area contributed by atoms with Crippen molar-refractivity contribution in [1.29, 1.82) is 0 Å².